The number of fused-ring (bicyclic) bond motifs is 1. The van der Waals surface area contributed by atoms with Gasteiger partial charge in [0.25, 0.3) is 0 Å². The van der Waals surface area contributed by atoms with Crippen LogP contribution in [-0.4, -0.2) is 65.7 Å². The fourth-order valence-corrected chi connectivity index (χ4v) is 4.35. The summed E-state index contributed by atoms with van der Waals surface area (Å²) in [6.07, 6.45) is -0.0215. The minimum Gasteiger partial charge on any atom is -0.480 e. The Morgan fingerprint density at radius 2 is 1.64 bits per heavy atom. The molecule has 2 aliphatic rings. The quantitative estimate of drug-likeness (QED) is 0.644. The van der Waals surface area contributed by atoms with Crippen LogP contribution < -0.4 is 9.47 Å². The summed E-state index contributed by atoms with van der Waals surface area (Å²) in [6, 6.07) is 12.7. The van der Waals surface area contributed by atoms with Gasteiger partial charge in [-0.2, -0.15) is 0 Å². The van der Waals surface area contributed by atoms with Crippen molar-refractivity contribution in [3.05, 3.63) is 59.2 Å². The second kappa shape index (κ2) is 9.53. The number of carbonyl (C=O) groups is 2. The van der Waals surface area contributed by atoms with E-state index in [1.54, 1.807) is 0 Å². The molecule has 2 aromatic rings. The van der Waals surface area contributed by atoms with Crippen LogP contribution in [0, 0.1) is 0 Å². The van der Waals surface area contributed by atoms with Crippen molar-refractivity contribution in [2.24, 2.45) is 0 Å². The number of hydrogen-bond acceptors (Lipinski definition) is 6. The van der Waals surface area contributed by atoms with Crippen LogP contribution in [0.3, 0.4) is 0 Å². The Labute approximate surface area is 194 Å². The second-order valence-electron chi connectivity index (χ2n) is 9.81. The van der Waals surface area contributed by atoms with Crippen molar-refractivity contribution in [2.75, 3.05) is 33.0 Å². The van der Waals surface area contributed by atoms with Gasteiger partial charge in [-0.05, 0) is 28.7 Å². The first-order valence-electron chi connectivity index (χ1n) is 11.4. The predicted molar refractivity (Wildman–Crippen MR) is 125 cm³/mol. The smallest absolute Gasteiger partial charge is 0.321 e. The molecule has 0 aliphatic carbocycles. The molecule has 7 nitrogen and oxygen atoms in total. The molecule has 7 heteroatoms. The van der Waals surface area contributed by atoms with E-state index in [2.05, 4.69) is 25.7 Å². The highest BCUT2D eigenvalue weighted by Gasteiger charge is 2.31. The van der Waals surface area contributed by atoms with Crippen molar-refractivity contribution in [3.8, 4) is 11.5 Å². The maximum absolute atomic E-state index is 12.8. The monoisotopic (exact) mass is 452 g/mol. The number of carboxylic acid groups (broad SMARTS) is 1. The average Bonchev–Trinajstić information content (AvgIpc) is 3.25. The molecule has 0 unspecified atom stereocenters. The van der Waals surface area contributed by atoms with Crippen molar-refractivity contribution in [1.29, 1.82) is 0 Å². The third-order valence-corrected chi connectivity index (χ3v) is 6.43. The Kier molecular flexibility index (Phi) is 6.72. The van der Waals surface area contributed by atoms with E-state index < -0.39 is 12.0 Å². The molecule has 176 valence electrons. The van der Waals surface area contributed by atoms with E-state index in [1.165, 1.54) is 0 Å². The molecule has 33 heavy (non-hydrogen) atoms. The number of rotatable bonds is 7. The largest absolute Gasteiger partial charge is 0.480 e. The molecule has 1 fully saturated rings. The third kappa shape index (κ3) is 5.54. The van der Waals surface area contributed by atoms with Crippen LogP contribution in [0.1, 0.15) is 48.7 Å². The number of piperazine rings is 1. The van der Waals surface area contributed by atoms with Crippen LogP contribution in [-0.2, 0) is 16.8 Å². The van der Waals surface area contributed by atoms with Crippen LogP contribution in [0.2, 0.25) is 0 Å². The van der Waals surface area contributed by atoms with Gasteiger partial charge in [-0.3, -0.25) is 19.4 Å². The molecule has 2 aliphatic heterocycles. The summed E-state index contributed by atoms with van der Waals surface area (Å²) in [6.45, 7) is 10.1. The zero-order valence-electron chi connectivity index (χ0n) is 19.5. The Balaban J connectivity index is 1.33. The van der Waals surface area contributed by atoms with Gasteiger partial charge in [0.15, 0.2) is 17.3 Å². The number of benzene rings is 2. The molecule has 4 rings (SSSR count). The predicted octanol–water partition coefficient (Wildman–Crippen LogP) is 3.56. The van der Waals surface area contributed by atoms with Crippen LogP contribution in [0.25, 0.3) is 0 Å². The van der Waals surface area contributed by atoms with E-state index in [0.717, 1.165) is 42.3 Å². The number of carbonyl (C=O) groups excluding carboxylic acids is 1. The zero-order chi connectivity index (χ0) is 23.6. The number of aliphatic carboxylic acids is 1. The first-order chi connectivity index (χ1) is 15.7. The van der Waals surface area contributed by atoms with Crippen LogP contribution in [0.15, 0.2) is 42.5 Å². The Bertz CT molecular complexity index is 1000. The van der Waals surface area contributed by atoms with Gasteiger partial charge in [-0.25, -0.2) is 0 Å². The van der Waals surface area contributed by atoms with Crippen LogP contribution in [0.5, 0.6) is 11.5 Å². The SMILES string of the molecule is CC(C)(C)c1ccc(C(=O)C[C@@H](C(=O)O)N2CCN(Cc3ccc4c(c3)OCO4)CC2)cc1. The van der Waals surface area contributed by atoms with Crippen molar-refractivity contribution < 1.29 is 24.2 Å². The summed E-state index contributed by atoms with van der Waals surface area (Å²) in [5.41, 5.74) is 2.85. The fraction of sp³-hybridized carbons (Fsp3) is 0.462. The topological polar surface area (TPSA) is 79.3 Å². The van der Waals surface area contributed by atoms with Gasteiger partial charge in [0.2, 0.25) is 6.79 Å². The molecular formula is C26H32N2O5. The van der Waals surface area contributed by atoms with E-state index in [-0.39, 0.29) is 24.4 Å². The van der Waals surface area contributed by atoms with Crippen molar-refractivity contribution in [1.82, 2.24) is 9.80 Å². The molecule has 0 bridgehead atoms. The average molecular weight is 453 g/mol. The van der Waals surface area contributed by atoms with Crippen molar-refractivity contribution in [3.63, 3.8) is 0 Å². The molecule has 0 aromatic heterocycles. The normalized spacial score (nSPS) is 17.7. The zero-order valence-corrected chi connectivity index (χ0v) is 19.5. The van der Waals surface area contributed by atoms with Gasteiger partial charge in [0.05, 0.1) is 0 Å². The molecule has 0 saturated carbocycles. The standard InChI is InChI=1S/C26H32N2O5/c1-26(2,3)20-7-5-19(6-8-20)22(29)15-21(25(30)31)28-12-10-27(11-13-28)16-18-4-9-23-24(14-18)33-17-32-23/h4-9,14,21H,10-13,15-17H2,1-3H3,(H,30,31)/t21-/m0/s1. The highest BCUT2D eigenvalue weighted by atomic mass is 16.7. The molecular weight excluding hydrogens is 420 g/mol. The van der Waals surface area contributed by atoms with Crippen molar-refractivity contribution >= 4 is 11.8 Å². The molecule has 1 saturated heterocycles. The minimum atomic E-state index is -0.945. The third-order valence-electron chi connectivity index (χ3n) is 6.43. The van der Waals surface area contributed by atoms with Crippen LogP contribution in [0.4, 0.5) is 0 Å². The maximum Gasteiger partial charge on any atom is 0.321 e. The number of nitrogens with zero attached hydrogens (tertiary/aromatic N) is 2. The lowest BCUT2D eigenvalue weighted by atomic mass is 9.86. The van der Waals surface area contributed by atoms with E-state index in [0.29, 0.717) is 18.7 Å². The maximum atomic E-state index is 12.8. The lowest BCUT2D eigenvalue weighted by Gasteiger charge is -2.37. The van der Waals surface area contributed by atoms with Gasteiger partial charge in [-0.1, -0.05) is 51.1 Å². The molecule has 0 spiro atoms. The van der Waals surface area contributed by atoms with Crippen molar-refractivity contribution in [2.45, 2.75) is 45.2 Å². The first kappa shape index (κ1) is 23.3. The van der Waals surface area contributed by atoms with Gasteiger partial charge in [0, 0.05) is 44.7 Å². The Morgan fingerprint density at radius 3 is 2.27 bits per heavy atom. The number of ketones is 1. The highest BCUT2D eigenvalue weighted by molar-refractivity contribution is 5.98. The summed E-state index contributed by atoms with van der Waals surface area (Å²) >= 11 is 0. The van der Waals surface area contributed by atoms with E-state index in [1.807, 2.05) is 47.4 Å². The number of carboxylic acids is 1. The number of hydrogen-bond donors (Lipinski definition) is 1. The second-order valence-corrected chi connectivity index (χ2v) is 9.81. The Morgan fingerprint density at radius 1 is 0.970 bits per heavy atom. The van der Waals surface area contributed by atoms with Gasteiger partial charge in [-0.15, -0.1) is 0 Å². The fourth-order valence-electron chi connectivity index (χ4n) is 4.35. The lowest BCUT2D eigenvalue weighted by molar-refractivity contribution is -0.144. The van der Waals surface area contributed by atoms with E-state index in [9.17, 15) is 14.7 Å². The molecule has 0 radical (unpaired) electrons. The molecule has 1 N–H and O–H groups in total. The molecule has 2 heterocycles. The molecule has 0 amide bonds. The van der Waals surface area contributed by atoms with Gasteiger partial charge in [0.1, 0.15) is 6.04 Å². The summed E-state index contributed by atoms with van der Waals surface area (Å²) < 4.78 is 10.8. The summed E-state index contributed by atoms with van der Waals surface area (Å²) in [7, 11) is 0. The number of Topliss-reactive ketones (excluding diaryl/α,β-unsaturated/α-hetero) is 1. The lowest BCUT2D eigenvalue weighted by Crippen LogP contribution is -2.52. The van der Waals surface area contributed by atoms with Gasteiger partial charge >= 0.3 is 5.97 Å². The van der Waals surface area contributed by atoms with Crippen LogP contribution >= 0.6 is 0 Å². The van der Waals surface area contributed by atoms with E-state index >= 15 is 0 Å². The first-order valence-corrected chi connectivity index (χ1v) is 11.4. The highest BCUT2D eigenvalue weighted by Crippen LogP contribution is 2.33. The summed E-state index contributed by atoms with van der Waals surface area (Å²) in [4.78, 5) is 29.0. The summed E-state index contributed by atoms with van der Waals surface area (Å²) in [5.74, 6) is 0.459. The van der Waals surface area contributed by atoms with Gasteiger partial charge < -0.3 is 14.6 Å². The van der Waals surface area contributed by atoms with E-state index in [4.69, 9.17) is 9.47 Å². The minimum absolute atomic E-state index is 0.00541. The molecule has 1 atom stereocenters. The number of ether oxygens (including phenoxy) is 2. The summed E-state index contributed by atoms with van der Waals surface area (Å²) in [5, 5.41) is 9.83. The molecule has 2 aromatic carbocycles. The Hall–Kier alpha value is -2.90.